The highest BCUT2D eigenvalue weighted by molar-refractivity contribution is 9.10. The van der Waals surface area contributed by atoms with Gasteiger partial charge in [-0.2, -0.15) is 0 Å². The molecule has 3 heterocycles. The second-order valence-electron chi connectivity index (χ2n) is 10.5. The summed E-state index contributed by atoms with van der Waals surface area (Å²) >= 11 is 3.48. The van der Waals surface area contributed by atoms with Gasteiger partial charge in [0.15, 0.2) is 11.8 Å². The van der Waals surface area contributed by atoms with Crippen LogP contribution in [0.25, 0.3) is 0 Å². The van der Waals surface area contributed by atoms with Crippen molar-refractivity contribution < 1.29 is 29.3 Å². The molecular formula is C30H32BrN5O6. The molecule has 2 amide bonds. The number of allylic oxidation sites excluding steroid dienone is 1. The Bertz CT molecular complexity index is 1540. The van der Waals surface area contributed by atoms with Gasteiger partial charge < -0.3 is 19.8 Å². The fraction of sp³-hybridized carbons (Fsp3) is 0.367. The Kier molecular flexibility index (Phi) is 8.58. The Hall–Kier alpha value is -3.87. The summed E-state index contributed by atoms with van der Waals surface area (Å²) in [5, 5.41) is 29.1. The van der Waals surface area contributed by atoms with Crippen molar-refractivity contribution >= 4 is 45.1 Å². The zero-order chi connectivity index (χ0) is 30.0. The topological polar surface area (TPSA) is 138 Å². The number of fused-ring (bicyclic) bond motifs is 1. The molecule has 1 unspecified atom stereocenters. The van der Waals surface area contributed by atoms with Crippen molar-refractivity contribution in [1.29, 1.82) is 0 Å². The summed E-state index contributed by atoms with van der Waals surface area (Å²) in [6.07, 6.45) is 6.07. The van der Waals surface area contributed by atoms with Gasteiger partial charge >= 0.3 is 5.97 Å². The van der Waals surface area contributed by atoms with Crippen LogP contribution in [0.4, 0.5) is 11.4 Å². The number of amides is 2. The van der Waals surface area contributed by atoms with E-state index in [0.29, 0.717) is 42.0 Å². The number of aliphatic hydroxyl groups is 2. The molecule has 2 aromatic carbocycles. The van der Waals surface area contributed by atoms with Gasteiger partial charge in [-0.05, 0) is 42.3 Å². The molecule has 220 valence electrons. The summed E-state index contributed by atoms with van der Waals surface area (Å²) < 4.78 is 7.68. The lowest BCUT2D eigenvalue weighted by Gasteiger charge is -2.39. The van der Waals surface area contributed by atoms with Crippen LogP contribution in [0.5, 0.6) is 0 Å². The first kappa shape index (κ1) is 29.6. The van der Waals surface area contributed by atoms with Gasteiger partial charge in [-0.25, -0.2) is 0 Å². The smallest absolute Gasteiger partial charge is 0.304 e. The van der Waals surface area contributed by atoms with E-state index in [4.69, 9.17) is 9.84 Å². The number of rotatable bonds is 11. The van der Waals surface area contributed by atoms with Gasteiger partial charge in [-0.15, -0.1) is 5.10 Å². The molecule has 2 N–H and O–H groups in total. The van der Waals surface area contributed by atoms with Crippen LogP contribution in [0.1, 0.15) is 43.5 Å². The number of carbonyl (C=O) groups excluding carboxylic acids is 3. The Morgan fingerprint density at radius 3 is 2.81 bits per heavy atom. The number of aliphatic hydroxyl groups excluding tert-OH is 1. The maximum atomic E-state index is 13.9. The molecule has 2 aliphatic rings. The summed E-state index contributed by atoms with van der Waals surface area (Å²) in [6, 6.07) is 12.6. The third-order valence-electron chi connectivity index (χ3n) is 7.53. The molecule has 1 saturated heterocycles. The normalized spacial score (nSPS) is 20.6. The number of ether oxygens (including phenoxy) is 1. The molecule has 12 heteroatoms. The van der Waals surface area contributed by atoms with E-state index in [-0.39, 0.29) is 25.5 Å². The minimum atomic E-state index is -1.79. The fourth-order valence-corrected chi connectivity index (χ4v) is 5.73. The number of hydrogen-bond donors (Lipinski definition) is 2. The van der Waals surface area contributed by atoms with E-state index in [2.05, 4.69) is 26.2 Å². The summed E-state index contributed by atoms with van der Waals surface area (Å²) in [4.78, 5) is 40.7. The first-order valence-electron chi connectivity index (χ1n) is 13.7. The zero-order valence-corrected chi connectivity index (χ0v) is 24.9. The Morgan fingerprint density at radius 2 is 2.07 bits per heavy atom. The fourth-order valence-electron chi connectivity index (χ4n) is 5.37. The number of anilines is 2. The molecule has 0 aliphatic carbocycles. The van der Waals surface area contributed by atoms with E-state index >= 15 is 0 Å². The molecule has 0 spiro atoms. The first-order valence-corrected chi connectivity index (χ1v) is 14.5. The van der Waals surface area contributed by atoms with Crippen LogP contribution < -0.4 is 9.80 Å². The molecule has 11 nitrogen and oxygen atoms in total. The number of halogens is 1. The van der Waals surface area contributed by atoms with Crippen molar-refractivity contribution in [3.63, 3.8) is 0 Å². The van der Waals surface area contributed by atoms with Gasteiger partial charge in [-0.3, -0.25) is 24.0 Å². The number of hydrogen-bond acceptors (Lipinski definition) is 8. The lowest BCUT2D eigenvalue weighted by molar-refractivity contribution is -0.153. The van der Waals surface area contributed by atoms with Crippen LogP contribution in [0.15, 0.2) is 65.3 Å². The summed E-state index contributed by atoms with van der Waals surface area (Å²) in [7, 11) is 0. The maximum Gasteiger partial charge on any atom is 0.304 e. The average Bonchev–Trinajstić information content (AvgIpc) is 3.47. The number of β-lactam (4-membered cyclic amide) rings is 1. The first-order chi connectivity index (χ1) is 20.1. The second-order valence-corrected chi connectivity index (χ2v) is 11.4. The molecule has 0 saturated carbocycles. The highest BCUT2D eigenvalue weighted by Crippen LogP contribution is 2.47. The predicted octanol–water partition coefficient (Wildman–Crippen LogP) is 3.22. The van der Waals surface area contributed by atoms with Gasteiger partial charge in [0.1, 0.15) is 0 Å². The number of esters is 1. The van der Waals surface area contributed by atoms with Crippen LogP contribution >= 0.6 is 15.9 Å². The lowest BCUT2D eigenvalue weighted by atomic mass is 9.83. The highest BCUT2D eigenvalue weighted by Gasteiger charge is 2.52. The van der Waals surface area contributed by atoms with E-state index in [0.717, 1.165) is 10.0 Å². The van der Waals surface area contributed by atoms with Crippen LogP contribution in [-0.2, 0) is 44.2 Å². The standard InChI is InChI=1S/C30H32BrN5O6/c1-19(6-3-4-12-34-18-23(11-13-37)32-33-34)30(41)25-15-22(31)9-10-26(25)35(29(30)40)17-21-7-5-8-24(14-21)36-27(39)16-28(36)42-20(2)38/h3,5-10,14-15,18-19,28,37,41H,4,11-13,16-17H2,1-2H3/b6-3+/t19-,28?,30+/m0/s1. The quantitative estimate of drug-likeness (QED) is 0.186. The van der Waals surface area contributed by atoms with E-state index in [9.17, 15) is 19.5 Å². The van der Waals surface area contributed by atoms with Gasteiger partial charge in [0.05, 0.1) is 24.3 Å². The zero-order valence-electron chi connectivity index (χ0n) is 23.3. The van der Waals surface area contributed by atoms with Crippen LogP contribution in [0, 0.1) is 5.92 Å². The molecule has 0 radical (unpaired) electrons. The molecule has 1 aromatic heterocycles. The SMILES string of the molecule is CC(=O)OC1CC(=O)N1c1cccc(CN2C(=O)[C@@](O)([C@@H](C)/C=C/CCn3cc(CCO)nn3)c3cc(Br)ccc32)c1. The Morgan fingerprint density at radius 1 is 1.26 bits per heavy atom. The highest BCUT2D eigenvalue weighted by atomic mass is 79.9. The molecule has 2 aliphatic heterocycles. The van der Waals surface area contributed by atoms with Gasteiger partial charge in [0, 0.05) is 54.3 Å². The van der Waals surface area contributed by atoms with Gasteiger partial charge in [0.25, 0.3) is 5.91 Å². The number of aromatic nitrogens is 3. The summed E-state index contributed by atoms with van der Waals surface area (Å²) in [5.41, 5.74) is 1.36. The second kappa shape index (κ2) is 12.2. The van der Waals surface area contributed by atoms with E-state index in [1.54, 1.807) is 46.1 Å². The largest absolute Gasteiger partial charge is 0.441 e. The number of benzene rings is 2. The van der Waals surface area contributed by atoms with Crippen molar-refractivity contribution in [2.24, 2.45) is 5.92 Å². The molecule has 3 aromatic rings. The van der Waals surface area contributed by atoms with E-state index in [1.165, 1.54) is 11.8 Å². The molecule has 42 heavy (non-hydrogen) atoms. The summed E-state index contributed by atoms with van der Waals surface area (Å²) in [5.74, 6) is -1.61. The number of aryl methyl sites for hydroxylation is 1. The molecule has 3 atom stereocenters. The molecule has 0 bridgehead atoms. The third kappa shape index (κ3) is 5.74. The average molecular weight is 639 g/mol. The Labute approximate surface area is 251 Å². The Balaban J connectivity index is 1.34. The van der Waals surface area contributed by atoms with Gasteiger partial charge in [-0.1, -0.05) is 52.4 Å². The third-order valence-corrected chi connectivity index (χ3v) is 8.02. The maximum absolute atomic E-state index is 13.9. The predicted molar refractivity (Wildman–Crippen MR) is 157 cm³/mol. The van der Waals surface area contributed by atoms with Crippen molar-refractivity contribution in [3.05, 3.63) is 82.1 Å². The van der Waals surface area contributed by atoms with E-state index < -0.39 is 29.6 Å². The monoisotopic (exact) mass is 637 g/mol. The van der Waals surface area contributed by atoms with Crippen molar-refractivity contribution in [2.75, 3.05) is 16.4 Å². The molecular weight excluding hydrogens is 606 g/mol. The number of carbonyl (C=O) groups is 3. The number of nitrogens with zero attached hydrogens (tertiary/aromatic N) is 5. The summed E-state index contributed by atoms with van der Waals surface area (Å²) in [6.45, 7) is 3.86. The minimum absolute atomic E-state index is 0.0113. The minimum Gasteiger partial charge on any atom is -0.441 e. The van der Waals surface area contributed by atoms with Crippen molar-refractivity contribution in [2.45, 2.75) is 58.0 Å². The van der Waals surface area contributed by atoms with Crippen LogP contribution in [-0.4, -0.2) is 55.8 Å². The van der Waals surface area contributed by atoms with E-state index in [1.807, 2.05) is 31.2 Å². The van der Waals surface area contributed by atoms with Gasteiger partial charge in [0.2, 0.25) is 5.91 Å². The van der Waals surface area contributed by atoms with Crippen molar-refractivity contribution in [3.8, 4) is 0 Å². The van der Waals surface area contributed by atoms with Crippen molar-refractivity contribution in [1.82, 2.24) is 15.0 Å². The van der Waals surface area contributed by atoms with Crippen LogP contribution in [0.2, 0.25) is 0 Å². The molecule has 5 rings (SSSR count). The molecule has 1 fully saturated rings. The van der Waals surface area contributed by atoms with Crippen LogP contribution in [0.3, 0.4) is 0 Å². The lowest BCUT2D eigenvalue weighted by Crippen LogP contribution is -2.54.